The molecule has 4 rings (SSSR count). The number of rotatable bonds is 3. The van der Waals surface area contributed by atoms with Crippen LogP contribution < -0.4 is 17.7 Å². The van der Waals surface area contributed by atoms with Crippen molar-refractivity contribution >= 4 is 33.1 Å². The molecular weight excluding hydrogens is 357 g/mol. The molecule has 1 N–H and O–H groups in total. The fourth-order valence-corrected chi connectivity index (χ4v) is 3.77. The van der Waals surface area contributed by atoms with Crippen LogP contribution in [0.1, 0.15) is 4.88 Å². The molecule has 0 saturated heterocycles. The van der Waals surface area contributed by atoms with Crippen LogP contribution >= 0.6 is 11.3 Å². The van der Waals surface area contributed by atoms with E-state index in [0.717, 1.165) is 32.8 Å². The van der Waals surface area contributed by atoms with Crippen molar-refractivity contribution in [1.82, 2.24) is 9.97 Å². The van der Waals surface area contributed by atoms with E-state index < -0.39 is 0 Å². The Hall–Kier alpha value is -2.50. The molecule has 0 amide bonds. The number of halogens is 2. The highest BCUT2D eigenvalue weighted by Gasteiger charge is 2.16. The summed E-state index contributed by atoms with van der Waals surface area (Å²) in [7, 11) is 0. The molecule has 0 aliphatic rings. The molecule has 25 heavy (non-hydrogen) atoms. The Morgan fingerprint density at radius 1 is 0.960 bits per heavy atom. The summed E-state index contributed by atoms with van der Waals surface area (Å²) in [5.41, 5.74) is 3.07. The molecular formula is C19H14ClFN3S-. The Labute approximate surface area is 155 Å². The van der Waals surface area contributed by atoms with Gasteiger partial charge >= 0.3 is 0 Å². The van der Waals surface area contributed by atoms with Crippen molar-refractivity contribution in [2.75, 3.05) is 5.32 Å². The zero-order valence-corrected chi connectivity index (χ0v) is 14.9. The Morgan fingerprint density at radius 3 is 2.40 bits per heavy atom. The lowest BCUT2D eigenvalue weighted by Crippen LogP contribution is -3.00. The summed E-state index contributed by atoms with van der Waals surface area (Å²) in [6.07, 6.45) is 1.55. The first kappa shape index (κ1) is 17.3. The summed E-state index contributed by atoms with van der Waals surface area (Å²) in [5, 5.41) is 4.28. The molecule has 0 aliphatic carbocycles. The first-order chi connectivity index (χ1) is 11.7. The summed E-state index contributed by atoms with van der Waals surface area (Å²) >= 11 is 1.65. The van der Waals surface area contributed by atoms with E-state index in [1.807, 2.05) is 18.2 Å². The van der Waals surface area contributed by atoms with Gasteiger partial charge in [0.05, 0.1) is 5.39 Å². The molecule has 2 heterocycles. The lowest BCUT2D eigenvalue weighted by atomic mass is 10.0. The second-order valence-electron chi connectivity index (χ2n) is 5.43. The number of anilines is 2. The molecule has 2 aromatic carbocycles. The van der Waals surface area contributed by atoms with Crippen LogP contribution in [-0.4, -0.2) is 9.97 Å². The van der Waals surface area contributed by atoms with E-state index in [-0.39, 0.29) is 18.2 Å². The largest absolute Gasteiger partial charge is 1.00 e. The Kier molecular flexibility index (Phi) is 4.97. The molecule has 0 spiro atoms. The molecule has 0 bridgehead atoms. The quantitative estimate of drug-likeness (QED) is 0.602. The van der Waals surface area contributed by atoms with Crippen molar-refractivity contribution in [3.8, 4) is 11.1 Å². The predicted octanol–water partition coefficient (Wildman–Crippen LogP) is 2.55. The molecule has 3 nitrogen and oxygen atoms in total. The number of hydrogen-bond donors (Lipinski definition) is 1. The minimum Gasteiger partial charge on any atom is -1.00 e. The second-order valence-corrected chi connectivity index (χ2v) is 6.64. The van der Waals surface area contributed by atoms with Crippen LogP contribution in [0.2, 0.25) is 0 Å². The van der Waals surface area contributed by atoms with Crippen molar-refractivity contribution in [2.45, 2.75) is 6.92 Å². The fourth-order valence-electron chi connectivity index (χ4n) is 2.76. The van der Waals surface area contributed by atoms with Crippen molar-refractivity contribution in [2.24, 2.45) is 0 Å². The SMILES string of the molecule is Cc1sc2ncnc(Nc3ccc(F)cc3)c2c1-c1ccccc1.[Cl-]. The lowest BCUT2D eigenvalue weighted by Gasteiger charge is -2.09. The second kappa shape index (κ2) is 7.17. The Morgan fingerprint density at radius 2 is 1.68 bits per heavy atom. The van der Waals surface area contributed by atoms with E-state index in [1.54, 1.807) is 29.8 Å². The number of benzene rings is 2. The topological polar surface area (TPSA) is 37.8 Å². The van der Waals surface area contributed by atoms with Crippen LogP contribution in [0, 0.1) is 12.7 Å². The van der Waals surface area contributed by atoms with Gasteiger partial charge in [-0.05, 0) is 36.8 Å². The van der Waals surface area contributed by atoms with Crippen LogP contribution in [0.15, 0.2) is 60.9 Å². The van der Waals surface area contributed by atoms with Crippen molar-refractivity contribution in [1.29, 1.82) is 0 Å². The van der Waals surface area contributed by atoms with E-state index in [9.17, 15) is 4.39 Å². The summed E-state index contributed by atoms with van der Waals surface area (Å²) in [6, 6.07) is 16.5. The highest BCUT2D eigenvalue weighted by atomic mass is 35.5. The highest BCUT2D eigenvalue weighted by molar-refractivity contribution is 7.19. The van der Waals surface area contributed by atoms with Crippen LogP contribution in [0.5, 0.6) is 0 Å². The number of fused-ring (bicyclic) bond motifs is 1. The van der Waals surface area contributed by atoms with E-state index in [4.69, 9.17) is 0 Å². The normalized spacial score (nSPS) is 10.5. The molecule has 0 radical (unpaired) electrons. The first-order valence-corrected chi connectivity index (χ1v) is 8.36. The molecule has 0 unspecified atom stereocenters. The van der Waals surface area contributed by atoms with Gasteiger partial charge in [0.15, 0.2) is 0 Å². The number of aromatic nitrogens is 2. The highest BCUT2D eigenvalue weighted by Crippen LogP contribution is 2.40. The van der Waals surface area contributed by atoms with Crippen LogP contribution in [0.3, 0.4) is 0 Å². The number of hydrogen-bond acceptors (Lipinski definition) is 4. The molecule has 126 valence electrons. The average molecular weight is 371 g/mol. The van der Waals surface area contributed by atoms with Gasteiger partial charge in [0.2, 0.25) is 0 Å². The standard InChI is InChI=1S/C19H14FN3S.ClH/c1-12-16(13-5-3-2-4-6-13)17-18(21-11-22-19(17)24-12)23-15-9-7-14(20)8-10-15;/h2-11H,1H3,(H,21,22,23);1H/p-1. The monoisotopic (exact) mass is 370 g/mol. The minimum absolute atomic E-state index is 0. The number of aryl methyl sites for hydroxylation is 1. The van der Waals surface area contributed by atoms with E-state index >= 15 is 0 Å². The molecule has 4 aromatic rings. The van der Waals surface area contributed by atoms with Gasteiger partial charge in [-0.1, -0.05) is 30.3 Å². The Bertz CT molecular complexity index is 1000. The molecule has 0 atom stereocenters. The van der Waals surface area contributed by atoms with Crippen molar-refractivity contribution in [3.63, 3.8) is 0 Å². The maximum Gasteiger partial charge on any atom is 0.143 e. The first-order valence-electron chi connectivity index (χ1n) is 7.54. The van der Waals surface area contributed by atoms with Crippen molar-refractivity contribution < 1.29 is 16.8 Å². The molecule has 0 fully saturated rings. The Balaban J connectivity index is 0.00000182. The van der Waals surface area contributed by atoms with E-state index in [1.165, 1.54) is 17.0 Å². The zero-order chi connectivity index (χ0) is 16.5. The molecule has 0 saturated carbocycles. The van der Waals surface area contributed by atoms with Gasteiger partial charge < -0.3 is 17.7 Å². The van der Waals surface area contributed by atoms with E-state index in [2.05, 4.69) is 34.3 Å². The maximum absolute atomic E-state index is 13.1. The third-order valence-electron chi connectivity index (χ3n) is 3.83. The maximum atomic E-state index is 13.1. The summed E-state index contributed by atoms with van der Waals surface area (Å²) in [6.45, 7) is 2.09. The summed E-state index contributed by atoms with van der Waals surface area (Å²) in [5.74, 6) is 0.472. The number of nitrogens with one attached hydrogen (secondary N) is 1. The van der Waals surface area contributed by atoms with Gasteiger partial charge in [0.25, 0.3) is 0 Å². The molecule has 6 heteroatoms. The third-order valence-corrected chi connectivity index (χ3v) is 4.85. The van der Waals surface area contributed by atoms with Crippen molar-refractivity contribution in [3.05, 3.63) is 71.6 Å². The smallest absolute Gasteiger partial charge is 0.143 e. The lowest BCUT2D eigenvalue weighted by molar-refractivity contribution is -0.00000535. The summed E-state index contributed by atoms with van der Waals surface area (Å²) in [4.78, 5) is 11.0. The third kappa shape index (κ3) is 3.34. The van der Waals surface area contributed by atoms with Gasteiger partial charge in [-0.3, -0.25) is 0 Å². The predicted molar refractivity (Wildman–Crippen MR) is 97.3 cm³/mol. The zero-order valence-electron chi connectivity index (χ0n) is 13.3. The van der Waals surface area contributed by atoms with Crippen LogP contribution in [-0.2, 0) is 0 Å². The van der Waals surface area contributed by atoms with Gasteiger partial charge in [-0.2, -0.15) is 0 Å². The van der Waals surface area contributed by atoms with Gasteiger partial charge in [-0.25, -0.2) is 14.4 Å². The number of nitrogens with zero attached hydrogens (tertiary/aromatic N) is 2. The molecule has 2 aromatic heterocycles. The number of thiophene rings is 1. The summed E-state index contributed by atoms with van der Waals surface area (Å²) < 4.78 is 13.1. The fraction of sp³-hybridized carbons (Fsp3) is 0.0526. The van der Waals surface area contributed by atoms with Crippen LogP contribution in [0.4, 0.5) is 15.9 Å². The minimum atomic E-state index is -0.260. The van der Waals surface area contributed by atoms with E-state index in [0.29, 0.717) is 0 Å². The van der Waals surface area contributed by atoms with Gasteiger partial charge in [-0.15, -0.1) is 11.3 Å². The van der Waals surface area contributed by atoms with Gasteiger partial charge in [0.1, 0.15) is 22.8 Å². The van der Waals surface area contributed by atoms with Crippen LogP contribution in [0.25, 0.3) is 21.3 Å². The van der Waals surface area contributed by atoms with Gasteiger partial charge in [0, 0.05) is 16.1 Å². The average Bonchev–Trinajstić information content (AvgIpc) is 2.94. The molecule has 0 aliphatic heterocycles.